The molecule has 0 aliphatic heterocycles. The van der Waals surface area contributed by atoms with Crippen molar-refractivity contribution in [1.82, 2.24) is 0 Å². The van der Waals surface area contributed by atoms with Gasteiger partial charge in [-0.3, -0.25) is 0 Å². The van der Waals surface area contributed by atoms with Crippen molar-refractivity contribution >= 4 is 22.9 Å². The molecule has 0 saturated carbocycles. The minimum absolute atomic E-state index is 1.22. The van der Waals surface area contributed by atoms with Crippen molar-refractivity contribution in [3.05, 3.63) is 47.0 Å². The fraction of sp³-hybridized carbons (Fsp3) is 0.333. The van der Waals surface area contributed by atoms with E-state index >= 15 is 0 Å². The van der Waals surface area contributed by atoms with Gasteiger partial charge in [0.2, 0.25) is 0 Å². The number of aryl methyl sites for hydroxylation is 1. The molecule has 92 valence electrons. The Morgan fingerprint density at radius 2 is 1.67 bits per heavy atom. The summed E-state index contributed by atoms with van der Waals surface area (Å²) in [6, 6.07) is 11.3. The minimum atomic E-state index is 1.22. The Labute approximate surface area is 109 Å². The maximum absolute atomic E-state index is 2.32. The Morgan fingerprint density at radius 1 is 0.833 bits per heavy atom. The molecule has 0 aromatic heterocycles. The van der Waals surface area contributed by atoms with Gasteiger partial charge in [0.05, 0.1) is 0 Å². The third-order valence-corrected chi connectivity index (χ3v) is 3.94. The first-order valence-corrected chi connectivity index (χ1v) is 7.13. The first kappa shape index (κ1) is 11.5. The molecule has 0 heteroatoms. The average molecular weight is 236 g/mol. The zero-order valence-electron chi connectivity index (χ0n) is 11.1. The van der Waals surface area contributed by atoms with Crippen LogP contribution in [0.4, 0.5) is 0 Å². The molecule has 0 fully saturated rings. The smallest absolute Gasteiger partial charge is 0.00361 e. The molecular formula is C18H20. The van der Waals surface area contributed by atoms with E-state index in [9.17, 15) is 0 Å². The summed E-state index contributed by atoms with van der Waals surface area (Å²) >= 11 is 0. The highest BCUT2D eigenvalue weighted by atomic mass is 14.1. The fourth-order valence-corrected chi connectivity index (χ4v) is 2.94. The summed E-state index contributed by atoms with van der Waals surface area (Å²) in [6.45, 7) is 2.27. The third-order valence-electron chi connectivity index (χ3n) is 3.94. The summed E-state index contributed by atoms with van der Waals surface area (Å²) in [5.41, 5.74) is 4.30. The van der Waals surface area contributed by atoms with Gasteiger partial charge in [0.15, 0.2) is 0 Å². The van der Waals surface area contributed by atoms with Crippen LogP contribution in [-0.4, -0.2) is 0 Å². The molecule has 0 radical (unpaired) electrons. The first-order chi connectivity index (χ1) is 8.90. The molecule has 2 aromatic carbocycles. The Balaban J connectivity index is 1.91. The molecule has 3 rings (SSSR count). The Morgan fingerprint density at radius 3 is 2.50 bits per heavy atom. The van der Waals surface area contributed by atoms with Crippen molar-refractivity contribution in [1.29, 1.82) is 0 Å². The van der Waals surface area contributed by atoms with E-state index < -0.39 is 0 Å². The normalized spacial score (nSPS) is 12.5. The predicted molar refractivity (Wildman–Crippen MR) is 80.7 cm³/mol. The van der Waals surface area contributed by atoms with E-state index in [-0.39, 0.29) is 0 Å². The number of rotatable bonds is 5. The maximum Gasteiger partial charge on any atom is -0.00361 e. The highest BCUT2D eigenvalue weighted by Gasteiger charge is 2.10. The monoisotopic (exact) mass is 236 g/mol. The van der Waals surface area contributed by atoms with Crippen LogP contribution < -0.4 is 0 Å². The van der Waals surface area contributed by atoms with Gasteiger partial charge in [-0.1, -0.05) is 68.7 Å². The van der Waals surface area contributed by atoms with Crippen LogP contribution in [0.5, 0.6) is 0 Å². The lowest BCUT2D eigenvalue weighted by atomic mass is 9.96. The zero-order chi connectivity index (χ0) is 12.4. The van der Waals surface area contributed by atoms with Crippen LogP contribution in [0.25, 0.3) is 22.9 Å². The average Bonchev–Trinajstić information content (AvgIpc) is 2.82. The summed E-state index contributed by atoms with van der Waals surface area (Å²) < 4.78 is 0. The molecule has 0 atom stereocenters. The van der Waals surface area contributed by atoms with Gasteiger partial charge in [-0.05, 0) is 40.3 Å². The van der Waals surface area contributed by atoms with E-state index in [0.29, 0.717) is 0 Å². The molecule has 0 bridgehead atoms. The van der Waals surface area contributed by atoms with Crippen molar-refractivity contribution in [2.45, 2.75) is 39.0 Å². The SMILES string of the molecule is CCCCCCc1ccc2c3c(cccc13)C=C2. The van der Waals surface area contributed by atoms with Gasteiger partial charge in [-0.2, -0.15) is 0 Å². The second-order valence-corrected chi connectivity index (χ2v) is 5.23. The fourth-order valence-electron chi connectivity index (χ4n) is 2.94. The Bertz CT molecular complexity index is 578. The van der Waals surface area contributed by atoms with E-state index in [1.807, 2.05) is 0 Å². The number of hydrogen-bond acceptors (Lipinski definition) is 0. The van der Waals surface area contributed by atoms with E-state index in [0.717, 1.165) is 0 Å². The Kier molecular flexibility index (Phi) is 3.19. The van der Waals surface area contributed by atoms with Crippen molar-refractivity contribution in [2.24, 2.45) is 0 Å². The van der Waals surface area contributed by atoms with Crippen LogP contribution in [0.2, 0.25) is 0 Å². The van der Waals surface area contributed by atoms with Crippen LogP contribution >= 0.6 is 0 Å². The molecule has 0 heterocycles. The number of benzene rings is 2. The van der Waals surface area contributed by atoms with E-state index in [4.69, 9.17) is 0 Å². The standard InChI is InChI=1S/C18H20/c1-2-3-4-5-7-14-10-11-16-13-12-15-8-6-9-17(14)18(15)16/h6,8-13H,2-5,7H2,1H3. The van der Waals surface area contributed by atoms with Gasteiger partial charge >= 0.3 is 0 Å². The van der Waals surface area contributed by atoms with Gasteiger partial charge in [0.25, 0.3) is 0 Å². The molecule has 0 amide bonds. The second-order valence-electron chi connectivity index (χ2n) is 5.23. The summed E-state index contributed by atoms with van der Waals surface area (Å²) in [4.78, 5) is 0. The van der Waals surface area contributed by atoms with Gasteiger partial charge in [0, 0.05) is 0 Å². The zero-order valence-corrected chi connectivity index (χ0v) is 11.1. The first-order valence-electron chi connectivity index (χ1n) is 7.13. The van der Waals surface area contributed by atoms with Crippen LogP contribution in [0.15, 0.2) is 30.3 Å². The highest BCUT2D eigenvalue weighted by molar-refractivity contribution is 6.05. The lowest BCUT2D eigenvalue weighted by molar-refractivity contribution is 0.668. The van der Waals surface area contributed by atoms with Crippen molar-refractivity contribution < 1.29 is 0 Å². The molecule has 1 aliphatic carbocycles. The van der Waals surface area contributed by atoms with Crippen molar-refractivity contribution in [2.75, 3.05) is 0 Å². The number of unbranched alkanes of at least 4 members (excludes halogenated alkanes) is 3. The van der Waals surface area contributed by atoms with E-state index in [1.54, 1.807) is 0 Å². The molecular weight excluding hydrogens is 216 g/mol. The molecule has 18 heavy (non-hydrogen) atoms. The van der Waals surface area contributed by atoms with Gasteiger partial charge < -0.3 is 0 Å². The van der Waals surface area contributed by atoms with Crippen LogP contribution in [-0.2, 0) is 6.42 Å². The molecule has 2 aromatic rings. The summed E-state index contributed by atoms with van der Waals surface area (Å²) in [6.07, 6.45) is 11.0. The van der Waals surface area contributed by atoms with Gasteiger partial charge in [-0.15, -0.1) is 0 Å². The highest BCUT2D eigenvalue weighted by Crippen LogP contribution is 2.33. The molecule has 0 saturated heterocycles. The van der Waals surface area contributed by atoms with Crippen molar-refractivity contribution in [3.63, 3.8) is 0 Å². The summed E-state index contributed by atoms with van der Waals surface area (Å²) in [5, 5.41) is 2.93. The molecule has 0 nitrogen and oxygen atoms in total. The summed E-state index contributed by atoms with van der Waals surface area (Å²) in [7, 11) is 0. The van der Waals surface area contributed by atoms with Crippen LogP contribution in [0.3, 0.4) is 0 Å². The quantitative estimate of drug-likeness (QED) is 0.517. The van der Waals surface area contributed by atoms with Crippen LogP contribution in [0.1, 0.15) is 49.3 Å². The lowest BCUT2D eigenvalue weighted by Crippen LogP contribution is -1.90. The maximum atomic E-state index is 2.32. The van der Waals surface area contributed by atoms with Crippen molar-refractivity contribution in [3.8, 4) is 0 Å². The van der Waals surface area contributed by atoms with Gasteiger partial charge in [0.1, 0.15) is 0 Å². The lowest BCUT2D eigenvalue weighted by Gasteiger charge is -2.09. The van der Waals surface area contributed by atoms with E-state index in [1.165, 1.54) is 59.6 Å². The number of hydrogen-bond donors (Lipinski definition) is 0. The largest absolute Gasteiger partial charge is 0.0654 e. The summed E-state index contributed by atoms with van der Waals surface area (Å²) in [5.74, 6) is 0. The van der Waals surface area contributed by atoms with Gasteiger partial charge in [-0.25, -0.2) is 0 Å². The van der Waals surface area contributed by atoms with Crippen LogP contribution in [0, 0.1) is 0 Å². The minimum Gasteiger partial charge on any atom is -0.0654 e. The predicted octanol–water partition coefficient (Wildman–Crippen LogP) is 5.45. The molecule has 0 N–H and O–H groups in total. The topological polar surface area (TPSA) is 0 Å². The molecule has 0 spiro atoms. The second kappa shape index (κ2) is 4.97. The van der Waals surface area contributed by atoms with E-state index in [2.05, 4.69) is 49.4 Å². The molecule has 0 unspecified atom stereocenters. The third kappa shape index (κ3) is 1.96. The molecule has 1 aliphatic rings. The Hall–Kier alpha value is -1.56.